The van der Waals surface area contributed by atoms with Gasteiger partial charge in [0.2, 0.25) is 0 Å². The molecule has 1 aliphatic rings. The number of fused-ring (bicyclic) bond motifs is 1. The van der Waals surface area contributed by atoms with Crippen LogP contribution in [0.2, 0.25) is 0 Å². The van der Waals surface area contributed by atoms with Gasteiger partial charge >= 0.3 is 0 Å². The summed E-state index contributed by atoms with van der Waals surface area (Å²) in [5.41, 5.74) is 6.93. The van der Waals surface area contributed by atoms with E-state index in [4.69, 9.17) is 0 Å². The van der Waals surface area contributed by atoms with Crippen LogP contribution in [0.3, 0.4) is 0 Å². The zero-order chi connectivity index (χ0) is 18.2. The summed E-state index contributed by atoms with van der Waals surface area (Å²) < 4.78 is 0. The van der Waals surface area contributed by atoms with Gasteiger partial charge in [0.15, 0.2) is 0 Å². The van der Waals surface area contributed by atoms with Crippen LogP contribution in [0.5, 0.6) is 0 Å². The van der Waals surface area contributed by atoms with Crippen molar-refractivity contribution in [3.63, 3.8) is 0 Å². The van der Waals surface area contributed by atoms with Crippen molar-refractivity contribution in [1.29, 1.82) is 0 Å². The number of rotatable bonds is 2. The smallest absolute Gasteiger partial charge is 0.0395 e. The van der Waals surface area contributed by atoms with Gasteiger partial charge in [-0.25, -0.2) is 0 Å². The molecule has 0 nitrogen and oxygen atoms in total. The van der Waals surface area contributed by atoms with Crippen molar-refractivity contribution >= 4 is 14.8 Å². The third-order valence-corrected chi connectivity index (χ3v) is 4.59. The first-order valence-electron chi connectivity index (χ1n) is 8.76. The van der Waals surface area contributed by atoms with Gasteiger partial charge in [0.25, 0.3) is 0 Å². The van der Waals surface area contributed by atoms with E-state index in [9.17, 15) is 0 Å². The van der Waals surface area contributed by atoms with Crippen molar-refractivity contribution in [2.75, 3.05) is 6.66 Å². The fourth-order valence-electron chi connectivity index (χ4n) is 3.35. The first-order chi connectivity index (χ1) is 11.7. The maximum Gasteiger partial charge on any atom is 0.0395 e. The Hall–Kier alpha value is -1.65. The molecular weight excluding hydrogens is 307 g/mol. The molecule has 0 aliphatic heterocycles. The second-order valence-corrected chi connectivity index (χ2v) is 5.58. The molecule has 0 amide bonds. The van der Waals surface area contributed by atoms with Crippen LogP contribution in [0.25, 0.3) is 5.57 Å². The highest BCUT2D eigenvalue weighted by Crippen LogP contribution is 2.50. The molecule has 2 atom stereocenters. The fourth-order valence-corrected chi connectivity index (χ4v) is 3.35. The van der Waals surface area contributed by atoms with Crippen LogP contribution in [0.4, 0.5) is 0 Å². The van der Waals surface area contributed by atoms with Crippen molar-refractivity contribution in [1.82, 2.24) is 0 Å². The zero-order valence-electron chi connectivity index (χ0n) is 15.9. The molecule has 0 bridgehead atoms. The molecule has 0 heterocycles. The normalized spacial score (nSPS) is 18.5. The Labute approximate surface area is 150 Å². The highest BCUT2D eigenvalue weighted by molar-refractivity contribution is 7.15. The topological polar surface area (TPSA) is 0 Å². The Balaban J connectivity index is 0.000000671. The molecule has 1 heteroatoms. The first kappa shape index (κ1) is 20.4. The van der Waals surface area contributed by atoms with E-state index in [1.807, 2.05) is 20.5 Å². The van der Waals surface area contributed by atoms with E-state index in [2.05, 4.69) is 96.8 Å². The standard InChI is InChI=1S/C20H20.C2H6.CH5P/c1-4-10-17-15(2)20(3,16-11-6-5-7-12-16)19-14-9-8-13-18(17)19;2*1-2/h4-14H,1-3H3;1-2H3;2H2,1H3/b10-4-;;. The molecule has 2 unspecified atom stereocenters. The Morgan fingerprint density at radius 2 is 1.42 bits per heavy atom. The summed E-state index contributed by atoms with van der Waals surface area (Å²) in [6.45, 7) is 12.6. The lowest BCUT2D eigenvalue weighted by atomic mass is 9.74. The fraction of sp³-hybridized carbons (Fsp3) is 0.304. The van der Waals surface area contributed by atoms with Crippen LogP contribution in [0, 0.1) is 0 Å². The lowest BCUT2D eigenvalue weighted by Gasteiger charge is -2.29. The van der Waals surface area contributed by atoms with E-state index in [0.717, 1.165) is 0 Å². The molecule has 0 N–H and O–H groups in total. The molecule has 0 aromatic heterocycles. The van der Waals surface area contributed by atoms with Gasteiger partial charge in [0, 0.05) is 5.41 Å². The van der Waals surface area contributed by atoms with Crippen LogP contribution >= 0.6 is 9.24 Å². The predicted octanol–water partition coefficient (Wildman–Crippen LogP) is 6.87. The summed E-state index contributed by atoms with van der Waals surface area (Å²) >= 11 is 0. The third-order valence-electron chi connectivity index (χ3n) is 4.59. The molecule has 128 valence electrons. The Kier molecular flexibility index (Phi) is 8.16. The molecule has 24 heavy (non-hydrogen) atoms. The molecule has 3 rings (SSSR count). The SMILES string of the molecule is C/C=C\C1=C(C)C(C)(c2ccccc2)c2ccccc21.CC.CP. The van der Waals surface area contributed by atoms with Crippen molar-refractivity contribution in [3.8, 4) is 0 Å². The Morgan fingerprint density at radius 3 is 2.00 bits per heavy atom. The average Bonchev–Trinajstić information content (AvgIpc) is 2.89. The van der Waals surface area contributed by atoms with E-state index in [-0.39, 0.29) is 5.41 Å². The van der Waals surface area contributed by atoms with Crippen LogP contribution in [0.15, 0.2) is 72.3 Å². The minimum Gasteiger partial charge on any atom is -0.141 e. The van der Waals surface area contributed by atoms with Gasteiger partial charge in [-0.1, -0.05) is 92.8 Å². The van der Waals surface area contributed by atoms with Crippen molar-refractivity contribution in [2.24, 2.45) is 0 Å². The molecule has 1 aliphatic carbocycles. The van der Waals surface area contributed by atoms with Gasteiger partial charge in [-0.05, 0) is 43.0 Å². The summed E-state index contributed by atoms with van der Waals surface area (Å²) in [5, 5.41) is 0. The Bertz CT molecular complexity index is 695. The predicted molar refractivity (Wildman–Crippen MR) is 114 cm³/mol. The first-order valence-corrected chi connectivity index (χ1v) is 9.92. The van der Waals surface area contributed by atoms with E-state index in [1.165, 1.54) is 27.8 Å². The largest absolute Gasteiger partial charge is 0.141 e. The molecule has 0 saturated carbocycles. The molecule has 2 aromatic carbocycles. The molecule has 0 fully saturated rings. The minimum absolute atomic E-state index is 0.0211. The quantitative estimate of drug-likeness (QED) is 0.524. The monoisotopic (exact) mass is 338 g/mol. The lowest BCUT2D eigenvalue weighted by Crippen LogP contribution is -2.22. The number of allylic oxidation sites excluding steroid dienone is 4. The number of benzene rings is 2. The van der Waals surface area contributed by atoms with E-state index >= 15 is 0 Å². The van der Waals surface area contributed by atoms with Gasteiger partial charge in [0.1, 0.15) is 0 Å². The molecule has 0 spiro atoms. The van der Waals surface area contributed by atoms with Gasteiger partial charge < -0.3 is 0 Å². The number of hydrogen-bond donors (Lipinski definition) is 0. The zero-order valence-corrected chi connectivity index (χ0v) is 17.1. The van der Waals surface area contributed by atoms with Gasteiger partial charge in [-0.3, -0.25) is 0 Å². The van der Waals surface area contributed by atoms with E-state index < -0.39 is 0 Å². The molecule has 0 saturated heterocycles. The van der Waals surface area contributed by atoms with Gasteiger partial charge in [0.05, 0.1) is 0 Å². The highest BCUT2D eigenvalue weighted by Gasteiger charge is 2.39. The van der Waals surface area contributed by atoms with Crippen LogP contribution in [0.1, 0.15) is 51.3 Å². The van der Waals surface area contributed by atoms with E-state index in [1.54, 1.807) is 0 Å². The summed E-state index contributed by atoms with van der Waals surface area (Å²) in [4.78, 5) is 0. The van der Waals surface area contributed by atoms with Crippen molar-refractivity contribution < 1.29 is 0 Å². The summed E-state index contributed by atoms with van der Waals surface area (Å²) in [5.74, 6) is 0. The average molecular weight is 338 g/mol. The van der Waals surface area contributed by atoms with Crippen LogP contribution < -0.4 is 0 Å². The molecular formula is C23H31P. The Morgan fingerprint density at radius 1 is 0.875 bits per heavy atom. The van der Waals surface area contributed by atoms with Gasteiger partial charge in [-0.15, -0.1) is 9.24 Å². The minimum atomic E-state index is -0.0211. The molecule has 0 radical (unpaired) electrons. The van der Waals surface area contributed by atoms with Crippen LogP contribution in [-0.4, -0.2) is 6.66 Å². The maximum atomic E-state index is 2.42. The van der Waals surface area contributed by atoms with Crippen molar-refractivity contribution in [2.45, 2.75) is 40.0 Å². The van der Waals surface area contributed by atoms with Crippen LogP contribution in [-0.2, 0) is 5.41 Å². The summed E-state index contributed by atoms with van der Waals surface area (Å²) in [6.07, 6.45) is 4.37. The second-order valence-electron chi connectivity index (χ2n) is 5.58. The second kappa shape index (κ2) is 9.60. The lowest BCUT2D eigenvalue weighted by molar-refractivity contribution is 0.691. The maximum absolute atomic E-state index is 2.42. The van der Waals surface area contributed by atoms with Gasteiger partial charge in [-0.2, -0.15) is 0 Å². The third kappa shape index (κ3) is 3.55. The van der Waals surface area contributed by atoms with E-state index in [0.29, 0.717) is 0 Å². The van der Waals surface area contributed by atoms with Crippen molar-refractivity contribution in [3.05, 3.63) is 89.0 Å². The summed E-state index contributed by atoms with van der Waals surface area (Å²) in [7, 11) is 2.42. The molecule has 2 aromatic rings. The highest BCUT2D eigenvalue weighted by atomic mass is 31.0. The summed E-state index contributed by atoms with van der Waals surface area (Å²) in [6, 6.07) is 19.6. The number of hydrogen-bond acceptors (Lipinski definition) is 0.